The van der Waals surface area contributed by atoms with Crippen LogP contribution >= 0.6 is 0 Å². The zero-order chi connectivity index (χ0) is 8.27. The number of hydrogen-bond donors (Lipinski definition) is 1. The number of aliphatic hydroxyl groups excluding tert-OH is 1. The summed E-state index contributed by atoms with van der Waals surface area (Å²) in [5.41, 5.74) is 0. The van der Waals surface area contributed by atoms with Gasteiger partial charge in [-0.05, 0) is 5.92 Å². The average molecular weight is 160 g/mol. The van der Waals surface area contributed by atoms with E-state index in [0.29, 0.717) is 19.6 Å². The van der Waals surface area contributed by atoms with Gasteiger partial charge < -0.3 is 14.6 Å². The number of ether oxygens (including phenoxy) is 2. The van der Waals surface area contributed by atoms with Gasteiger partial charge in [0.25, 0.3) is 0 Å². The number of rotatable bonds is 3. The highest BCUT2D eigenvalue weighted by molar-refractivity contribution is 4.64. The van der Waals surface area contributed by atoms with E-state index in [1.807, 2.05) is 13.8 Å². The molecule has 0 spiro atoms. The summed E-state index contributed by atoms with van der Waals surface area (Å²) in [5.74, 6) is 0.280. The lowest BCUT2D eigenvalue weighted by Crippen LogP contribution is -2.22. The van der Waals surface area contributed by atoms with E-state index in [1.165, 1.54) is 0 Å². The predicted octanol–water partition coefficient (Wildman–Crippen LogP) is 0.766. The van der Waals surface area contributed by atoms with Gasteiger partial charge in [0.2, 0.25) is 0 Å². The van der Waals surface area contributed by atoms with E-state index >= 15 is 0 Å². The Hall–Kier alpha value is -0.120. The van der Waals surface area contributed by atoms with Gasteiger partial charge in [0.1, 0.15) is 0 Å². The van der Waals surface area contributed by atoms with E-state index in [9.17, 15) is 5.11 Å². The van der Waals surface area contributed by atoms with Crippen molar-refractivity contribution >= 4 is 0 Å². The summed E-state index contributed by atoms with van der Waals surface area (Å²) in [7, 11) is 0. The fourth-order valence-corrected chi connectivity index (χ4v) is 1.01. The molecule has 66 valence electrons. The van der Waals surface area contributed by atoms with Gasteiger partial charge in [0, 0.05) is 6.42 Å². The van der Waals surface area contributed by atoms with E-state index in [4.69, 9.17) is 9.47 Å². The standard InChI is InChI=1S/C8H16O3/c1-6(2)7(9)5-8-10-3-4-11-8/h6-9H,3-5H2,1-2H3. The second-order valence-corrected chi connectivity index (χ2v) is 3.22. The monoisotopic (exact) mass is 160 g/mol. The zero-order valence-electron chi connectivity index (χ0n) is 7.12. The molecule has 1 aliphatic heterocycles. The highest BCUT2D eigenvalue weighted by Crippen LogP contribution is 2.14. The quantitative estimate of drug-likeness (QED) is 0.662. The van der Waals surface area contributed by atoms with Crippen molar-refractivity contribution in [2.75, 3.05) is 13.2 Å². The van der Waals surface area contributed by atoms with Crippen molar-refractivity contribution in [3.63, 3.8) is 0 Å². The van der Waals surface area contributed by atoms with Gasteiger partial charge in [0.05, 0.1) is 19.3 Å². The van der Waals surface area contributed by atoms with Crippen molar-refractivity contribution in [2.24, 2.45) is 5.92 Å². The summed E-state index contributed by atoms with van der Waals surface area (Å²) >= 11 is 0. The Labute approximate surface area is 67.3 Å². The largest absolute Gasteiger partial charge is 0.393 e. The SMILES string of the molecule is CC(C)C(O)CC1OCCO1. The summed E-state index contributed by atoms with van der Waals surface area (Å²) < 4.78 is 10.4. The van der Waals surface area contributed by atoms with Crippen LogP contribution in [0.2, 0.25) is 0 Å². The predicted molar refractivity (Wildman–Crippen MR) is 41.2 cm³/mol. The first-order chi connectivity index (χ1) is 5.20. The van der Waals surface area contributed by atoms with Gasteiger partial charge in [-0.1, -0.05) is 13.8 Å². The molecule has 3 nitrogen and oxygen atoms in total. The van der Waals surface area contributed by atoms with E-state index in [1.54, 1.807) is 0 Å². The highest BCUT2D eigenvalue weighted by atomic mass is 16.7. The average Bonchev–Trinajstić information content (AvgIpc) is 2.39. The molecule has 0 aliphatic carbocycles. The molecule has 0 amide bonds. The third-order valence-corrected chi connectivity index (χ3v) is 1.89. The lowest BCUT2D eigenvalue weighted by Gasteiger charge is -2.17. The third kappa shape index (κ3) is 2.77. The van der Waals surface area contributed by atoms with Crippen LogP contribution in [0.4, 0.5) is 0 Å². The summed E-state index contributed by atoms with van der Waals surface area (Å²) in [5, 5.41) is 9.43. The number of hydrogen-bond acceptors (Lipinski definition) is 3. The summed E-state index contributed by atoms with van der Waals surface area (Å²) in [6.07, 6.45) is 0.114. The molecule has 0 aromatic rings. The normalized spacial score (nSPS) is 22.9. The van der Waals surface area contributed by atoms with Crippen LogP contribution in [0.15, 0.2) is 0 Å². The van der Waals surface area contributed by atoms with Crippen molar-refractivity contribution in [1.29, 1.82) is 0 Å². The Kier molecular flexibility index (Phi) is 3.30. The molecule has 1 saturated heterocycles. The van der Waals surface area contributed by atoms with Gasteiger partial charge in [-0.15, -0.1) is 0 Å². The molecule has 1 atom stereocenters. The maximum Gasteiger partial charge on any atom is 0.160 e. The Morgan fingerprint density at radius 1 is 1.36 bits per heavy atom. The molecule has 0 bridgehead atoms. The first-order valence-corrected chi connectivity index (χ1v) is 4.11. The summed E-state index contributed by atoms with van der Waals surface area (Å²) in [6.45, 7) is 5.30. The lowest BCUT2D eigenvalue weighted by molar-refractivity contribution is -0.0767. The van der Waals surface area contributed by atoms with Gasteiger partial charge >= 0.3 is 0 Å². The third-order valence-electron chi connectivity index (χ3n) is 1.89. The van der Waals surface area contributed by atoms with Gasteiger partial charge in [-0.25, -0.2) is 0 Å². The Morgan fingerprint density at radius 2 is 1.91 bits per heavy atom. The second-order valence-electron chi connectivity index (χ2n) is 3.22. The zero-order valence-corrected chi connectivity index (χ0v) is 7.12. The van der Waals surface area contributed by atoms with Crippen LogP contribution < -0.4 is 0 Å². The van der Waals surface area contributed by atoms with Crippen molar-refractivity contribution in [1.82, 2.24) is 0 Å². The Morgan fingerprint density at radius 3 is 2.36 bits per heavy atom. The molecule has 3 heteroatoms. The van der Waals surface area contributed by atoms with E-state index < -0.39 is 0 Å². The van der Waals surface area contributed by atoms with Crippen LogP contribution in [-0.4, -0.2) is 30.7 Å². The van der Waals surface area contributed by atoms with Crippen LogP contribution in [0, 0.1) is 5.92 Å². The van der Waals surface area contributed by atoms with Gasteiger partial charge in [-0.2, -0.15) is 0 Å². The first kappa shape index (κ1) is 8.97. The Balaban J connectivity index is 2.18. The summed E-state index contributed by atoms with van der Waals surface area (Å²) in [6, 6.07) is 0. The molecule has 1 N–H and O–H groups in total. The molecule has 0 saturated carbocycles. The molecule has 1 fully saturated rings. The fourth-order valence-electron chi connectivity index (χ4n) is 1.01. The maximum absolute atomic E-state index is 9.43. The van der Waals surface area contributed by atoms with Crippen molar-refractivity contribution in [2.45, 2.75) is 32.7 Å². The minimum absolute atomic E-state index is 0.174. The maximum atomic E-state index is 9.43. The van der Waals surface area contributed by atoms with Crippen LogP contribution in [0.25, 0.3) is 0 Å². The van der Waals surface area contributed by atoms with Crippen LogP contribution in [0.1, 0.15) is 20.3 Å². The first-order valence-electron chi connectivity index (χ1n) is 4.11. The van der Waals surface area contributed by atoms with E-state index in [0.717, 1.165) is 0 Å². The molecule has 0 aromatic heterocycles. The number of aliphatic hydroxyl groups is 1. The molecular formula is C8H16O3. The minimum atomic E-state index is -0.307. The molecule has 0 radical (unpaired) electrons. The molecule has 1 aliphatic rings. The highest BCUT2D eigenvalue weighted by Gasteiger charge is 2.21. The van der Waals surface area contributed by atoms with Crippen molar-refractivity contribution in [3.05, 3.63) is 0 Å². The molecule has 1 rings (SSSR count). The van der Waals surface area contributed by atoms with Gasteiger partial charge in [-0.3, -0.25) is 0 Å². The minimum Gasteiger partial charge on any atom is -0.393 e. The fraction of sp³-hybridized carbons (Fsp3) is 1.00. The molecule has 1 heterocycles. The molecule has 0 aromatic carbocycles. The van der Waals surface area contributed by atoms with Crippen LogP contribution in [-0.2, 0) is 9.47 Å². The van der Waals surface area contributed by atoms with E-state index in [2.05, 4.69) is 0 Å². The van der Waals surface area contributed by atoms with Crippen molar-refractivity contribution in [3.8, 4) is 0 Å². The summed E-state index contributed by atoms with van der Waals surface area (Å²) in [4.78, 5) is 0. The second kappa shape index (κ2) is 4.04. The van der Waals surface area contributed by atoms with Crippen molar-refractivity contribution < 1.29 is 14.6 Å². The van der Waals surface area contributed by atoms with Gasteiger partial charge in [0.15, 0.2) is 6.29 Å². The molecule has 11 heavy (non-hydrogen) atoms. The molecule has 1 unspecified atom stereocenters. The Bertz CT molecular complexity index is 108. The van der Waals surface area contributed by atoms with Crippen LogP contribution in [0.5, 0.6) is 0 Å². The molecular weight excluding hydrogens is 144 g/mol. The lowest BCUT2D eigenvalue weighted by atomic mass is 10.0. The topological polar surface area (TPSA) is 38.7 Å². The smallest absolute Gasteiger partial charge is 0.160 e. The van der Waals surface area contributed by atoms with E-state index in [-0.39, 0.29) is 18.3 Å². The van der Waals surface area contributed by atoms with Crippen LogP contribution in [0.3, 0.4) is 0 Å².